The topological polar surface area (TPSA) is 32.3 Å². The largest absolute Gasteiger partial charge is 0.394 e. The van der Waals surface area contributed by atoms with E-state index in [1.165, 1.54) is 12.2 Å². The first kappa shape index (κ1) is 14.3. The van der Waals surface area contributed by atoms with Gasteiger partial charge in [-0.25, -0.2) is 0 Å². The van der Waals surface area contributed by atoms with Crippen LogP contribution in [0.1, 0.15) is 34.1 Å². The van der Waals surface area contributed by atoms with E-state index in [1.54, 1.807) is 0 Å². The molecular weight excluding hydrogens is 194 g/mol. The lowest BCUT2D eigenvalue weighted by Gasteiger charge is -2.28. The predicted molar refractivity (Wildman–Crippen MR) is 65.9 cm³/mol. The van der Waals surface area contributed by atoms with Crippen LogP contribution in [0.3, 0.4) is 0 Å². The van der Waals surface area contributed by atoms with Crippen LogP contribution in [0.15, 0.2) is 0 Å². The molecule has 0 heterocycles. The van der Waals surface area contributed by atoms with Crippen LogP contribution in [0.25, 0.3) is 0 Å². The number of thioether (sulfide) groups is 1. The zero-order valence-corrected chi connectivity index (χ0v) is 10.8. The van der Waals surface area contributed by atoms with Gasteiger partial charge in [0.15, 0.2) is 0 Å². The van der Waals surface area contributed by atoms with Crippen molar-refractivity contribution in [2.24, 2.45) is 5.92 Å². The third kappa shape index (κ3) is 6.68. The van der Waals surface area contributed by atoms with Gasteiger partial charge in [-0.05, 0) is 31.6 Å². The highest BCUT2D eigenvalue weighted by molar-refractivity contribution is 7.99. The fraction of sp³-hybridized carbons (Fsp3) is 1.00. The van der Waals surface area contributed by atoms with Crippen molar-refractivity contribution in [1.82, 2.24) is 5.32 Å². The first-order valence-corrected chi connectivity index (χ1v) is 6.63. The molecule has 2 nitrogen and oxygen atoms in total. The lowest BCUT2D eigenvalue weighted by molar-refractivity contribution is 0.194. The average molecular weight is 219 g/mol. The molecule has 0 amide bonds. The summed E-state index contributed by atoms with van der Waals surface area (Å²) in [7, 11) is 0. The van der Waals surface area contributed by atoms with Crippen LogP contribution in [0.4, 0.5) is 0 Å². The lowest BCUT2D eigenvalue weighted by Crippen LogP contribution is -2.48. The number of nitrogens with one attached hydrogen (secondary N) is 1. The van der Waals surface area contributed by atoms with Gasteiger partial charge in [-0.3, -0.25) is 0 Å². The normalized spacial score (nSPS) is 15.9. The van der Waals surface area contributed by atoms with Gasteiger partial charge in [0.2, 0.25) is 0 Å². The summed E-state index contributed by atoms with van der Waals surface area (Å²) in [6.45, 7) is 9.79. The molecule has 0 saturated carbocycles. The second kappa shape index (κ2) is 7.55. The molecule has 0 aromatic carbocycles. The molecule has 86 valence electrons. The summed E-state index contributed by atoms with van der Waals surface area (Å²) in [6.07, 6.45) is 1.26. The molecule has 0 fully saturated rings. The van der Waals surface area contributed by atoms with Gasteiger partial charge in [0.05, 0.1) is 6.61 Å². The SMILES string of the molecule is CCNC(C)(CO)CSCCC(C)C. The van der Waals surface area contributed by atoms with Crippen molar-refractivity contribution in [2.75, 3.05) is 24.7 Å². The minimum Gasteiger partial charge on any atom is -0.394 e. The molecule has 0 aromatic rings. The Morgan fingerprint density at radius 3 is 2.50 bits per heavy atom. The Bertz CT molecular complexity index is 141. The van der Waals surface area contributed by atoms with Gasteiger partial charge in [-0.1, -0.05) is 20.8 Å². The monoisotopic (exact) mass is 219 g/mol. The van der Waals surface area contributed by atoms with Crippen molar-refractivity contribution in [1.29, 1.82) is 0 Å². The van der Waals surface area contributed by atoms with Crippen LogP contribution in [0, 0.1) is 5.92 Å². The maximum Gasteiger partial charge on any atom is 0.0618 e. The fourth-order valence-corrected chi connectivity index (χ4v) is 2.62. The molecule has 14 heavy (non-hydrogen) atoms. The molecule has 3 heteroatoms. The first-order valence-electron chi connectivity index (χ1n) is 5.47. The van der Waals surface area contributed by atoms with Crippen molar-refractivity contribution < 1.29 is 5.11 Å². The van der Waals surface area contributed by atoms with Gasteiger partial charge < -0.3 is 10.4 Å². The van der Waals surface area contributed by atoms with Gasteiger partial charge in [-0.15, -0.1) is 0 Å². The molecule has 0 aromatic heterocycles. The third-order valence-corrected chi connectivity index (χ3v) is 3.58. The predicted octanol–water partition coefficient (Wildman–Crippen LogP) is 2.13. The van der Waals surface area contributed by atoms with E-state index in [-0.39, 0.29) is 12.1 Å². The van der Waals surface area contributed by atoms with Crippen molar-refractivity contribution >= 4 is 11.8 Å². The Kier molecular flexibility index (Phi) is 7.69. The Hall–Kier alpha value is 0.270. The maximum atomic E-state index is 9.25. The number of likely N-dealkylation sites (N-methyl/N-ethyl adjacent to an activating group) is 1. The minimum absolute atomic E-state index is 0.101. The van der Waals surface area contributed by atoms with E-state index < -0.39 is 0 Å². The van der Waals surface area contributed by atoms with E-state index >= 15 is 0 Å². The maximum absolute atomic E-state index is 9.25. The van der Waals surface area contributed by atoms with Crippen LogP contribution in [-0.2, 0) is 0 Å². The highest BCUT2D eigenvalue weighted by Gasteiger charge is 2.21. The van der Waals surface area contributed by atoms with E-state index in [0.717, 1.165) is 18.2 Å². The number of aliphatic hydroxyl groups excluding tert-OH is 1. The lowest BCUT2D eigenvalue weighted by atomic mass is 10.1. The zero-order chi connectivity index (χ0) is 11.0. The number of aliphatic hydroxyl groups is 1. The highest BCUT2D eigenvalue weighted by atomic mass is 32.2. The van der Waals surface area contributed by atoms with Gasteiger partial charge in [0.1, 0.15) is 0 Å². The Labute approximate surface area is 92.9 Å². The summed E-state index contributed by atoms with van der Waals surface area (Å²) < 4.78 is 0. The fourth-order valence-electron chi connectivity index (χ4n) is 1.20. The van der Waals surface area contributed by atoms with Crippen LogP contribution in [0.5, 0.6) is 0 Å². The summed E-state index contributed by atoms with van der Waals surface area (Å²) in [6, 6.07) is 0. The highest BCUT2D eigenvalue weighted by Crippen LogP contribution is 2.15. The molecule has 2 N–H and O–H groups in total. The standard InChI is InChI=1S/C11H25NOS/c1-5-12-11(4,8-13)9-14-7-6-10(2)3/h10,12-13H,5-9H2,1-4H3. The van der Waals surface area contributed by atoms with Crippen molar-refractivity contribution in [3.05, 3.63) is 0 Å². The number of hydrogen-bond acceptors (Lipinski definition) is 3. The van der Waals surface area contributed by atoms with E-state index in [1.807, 2.05) is 11.8 Å². The Morgan fingerprint density at radius 2 is 2.07 bits per heavy atom. The molecule has 1 unspecified atom stereocenters. The number of rotatable bonds is 8. The van der Waals surface area contributed by atoms with Crippen LogP contribution in [-0.4, -0.2) is 35.3 Å². The molecule has 0 spiro atoms. The summed E-state index contributed by atoms with van der Waals surface area (Å²) >= 11 is 1.93. The Morgan fingerprint density at radius 1 is 1.43 bits per heavy atom. The smallest absolute Gasteiger partial charge is 0.0618 e. The van der Waals surface area contributed by atoms with Gasteiger partial charge in [-0.2, -0.15) is 11.8 Å². The molecular formula is C11H25NOS. The summed E-state index contributed by atoms with van der Waals surface area (Å²) in [5, 5.41) is 12.6. The Balaban J connectivity index is 3.61. The van der Waals surface area contributed by atoms with Crippen LogP contribution >= 0.6 is 11.8 Å². The summed E-state index contributed by atoms with van der Waals surface area (Å²) in [4.78, 5) is 0. The van der Waals surface area contributed by atoms with E-state index in [2.05, 4.69) is 33.0 Å². The van der Waals surface area contributed by atoms with Crippen LogP contribution < -0.4 is 5.32 Å². The minimum atomic E-state index is -0.101. The second-order valence-electron chi connectivity index (χ2n) is 4.48. The summed E-state index contributed by atoms with van der Waals surface area (Å²) in [5.41, 5.74) is -0.101. The molecule has 0 aliphatic rings. The molecule has 0 aliphatic carbocycles. The van der Waals surface area contributed by atoms with Crippen LogP contribution in [0.2, 0.25) is 0 Å². The molecule has 0 saturated heterocycles. The van der Waals surface area contributed by atoms with E-state index in [9.17, 15) is 5.11 Å². The second-order valence-corrected chi connectivity index (χ2v) is 5.59. The quantitative estimate of drug-likeness (QED) is 0.613. The van der Waals surface area contributed by atoms with Gasteiger partial charge in [0, 0.05) is 11.3 Å². The summed E-state index contributed by atoms with van der Waals surface area (Å²) in [5.74, 6) is 2.96. The molecule has 1 atom stereocenters. The van der Waals surface area contributed by atoms with Crippen molar-refractivity contribution in [3.63, 3.8) is 0 Å². The van der Waals surface area contributed by atoms with E-state index in [4.69, 9.17) is 0 Å². The average Bonchev–Trinajstić information content (AvgIpc) is 2.13. The molecule has 0 bridgehead atoms. The van der Waals surface area contributed by atoms with E-state index in [0.29, 0.717) is 0 Å². The molecule has 0 radical (unpaired) electrons. The first-order chi connectivity index (χ1) is 6.54. The zero-order valence-electron chi connectivity index (χ0n) is 9.97. The van der Waals surface area contributed by atoms with Crippen molar-refractivity contribution in [3.8, 4) is 0 Å². The number of hydrogen-bond donors (Lipinski definition) is 2. The molecule has 0 rings (SSSR count). The van der Waals surface area contributed by atoms with Gasteiger partial charge >= 0.3 is 0 Å². The molecule has 0 aliphatic heterocycles. The van der Waals surface area contributed by atoms with Gasteiger partial charge in [0.25, 0.3) is 0 Å². The van der Waals surface area contributed by atoms with Crippen molar-refractivity contribution in [2.45, 2.75) is 39.7 Å². The third-order valence-electron chi connectivity index (χ3n) is 2.21.